The maximum Gasteiger partial charge on any atom is 0.0467 e. The van der Waals surface area contributed by atoms with Gasteiger partial charge >= 0.3 is 0 Å². The highest BCUT2D eigenvalue weighted by atomic mass is 32.2. The largest absolute Gasteiger partial charge is 0.358 e. The van der Waals surface area contributed by atoms with Gasteiger partial charge in [0.15, 0.2) is 0 Å². The van der Waals surface area contributed by atoms with Crippen LogP contribution >= 0.6 is 11.8 Å². The van der Waals surface area contributed by atoms with Crippen molar-refractivity contribution in [3.05, 3.63) is 65.4 Å². The summed E-state index contributed by atoms with van der Waals surface area (Å²) in [5.74, 6) is 1.02. The Labute approximate surface area is 118 Å². The van der Waals surface area contributed by atoms with E-state index in [4.69, 9.17) is 0 Å². The lowest BCUT2D eigenvalue weighted by Crippen LogP contribution is -1.82. The standard InChI is InChI=1S/C17H17NS/c1-12-7-9-14(10-8-12)11-19-17-13(2)18-16-6-4-3-5-15(16)17/h3-10,18H,11H2,1-2H3. The van der Waals surface area contributed by atoms with Crippen LogP contribution in [-0.2, 0) is 5.75 Å². The molecule has 3 rings (SSSR count). The monoisotopic (exact) mass is 267 g/mol. The molecule has 96 valence electrons. The van der Waals surface area contributed by atoms with Crippen LogP contribution in [0.4, 0.5) is 0 Å². The summed E-state index contributed by atoms with van der Waals surface area (Å²) >= 11 is 1.91. The van der Waals surface area contributed by atoms with Crippen LogP contribution < -0.4 is 0 Å². The number of nitrogens with one attached hydrogen (secondary N) is 1. The number of H-pyrrole nitrogens is 1. The van der Waals surface area contributed by atoms with Gasteiger partial charge in [0, 0.05) is 27.2 Å². The summed E-state index contributed by atoms with van der Waals surface area (Å²) in [6.45, 7) is 4.28. The third-order valence-electron chi connectivity index (χ3n) is 3.34. The van der Waals surface area contributed by atoms with E-state index in [1.165, 1.54) is 32.6 Å². The van der Waals surface area contributed by atoms with Crippen molar-refractivity contribution in [1.29, 1.82) is 0 Å². The Kier molecular flexibility index (Phi) is 3.34. The number of thioether (sulfide) groups is 1. The molecule has 0 fully saturated rings. The Morgan fingerprint density at radius 2 is 1.68 bits per heavy atom. The van der Waals surface area contributed by atoms with Crippen molar-refractivity contribution in [1.82, 2.24) is 4.98 Å². The summed E-state index contributed by atoms with van der Waals surface area (Å²) in [6, 6.07) is 17.3. The minimum absolute atomic E-state index is 1.02. The number of aromatic nitrogens is 1. The Bertz CT molecular complexity index is 695. The van der Waals surface area contributed by atoms with Crippen molar-refractivity contribution in [2.24, 2.45) is 0 Å². The lowest BCUT2D eigenvalue weighted by molar-refractivity contribution is 1.22. The zero-order valence-corrected chi connectivity index (χ0v) is 12.1. The third kappa shape index (κ3) is 2.54. The molecule has 1 aromatic heterocycles. The molecule has 2 heteroatoms. The second-order valence-electron chi connectivity index (χ2n) is 4.90. The number of aromatic amines is 1. The predicted octanol–water partition coefficient (Wildman–Crippen LogP) is 5.08. The number of rotatable bonds is 3. The topological polar surface area (TPSA) is 15.8 Å². The van der Waals surface area contributed by atoms with Crippen LogP contribution in [-0.4, -0.2) is 4.98 Å². The zero-order chi connectivity index (χ0) is 13.2. The Balaban J connectivity index is 1.85. The fourth-order valence-corrected chi connectivity index (χ4v) is 3.38. The molecule has 2 aromatic carbocycles. The van der Waals surface area contributed by atoms with E-state index in [9.17, 15) is 0 Å². The van der Waals surface area contributed by atoms with Crippen molar-refractivity contribution in [2.45, 2.75) is 24.5 Å². The Morgan fingerprint density at radius 1 is 0.947 bits per heavy atom. The van der Waals surface area contributed by atoms with Gasteiger partial charge in [0.05, 0.1) is 0 Å². The number of hydrogen-bond donors (Lipinski definition) is 1. The van der Waals surface area contributed by atoms with Gasteiger partial charge in [-0.15, -0.1) is 11.8 Å². The smallest absolute Gasteiger partial charge is 0.0467 e. The molecule has 0 atom stereocenters. The zero-order valence-electron chi connectivity index (χ0n) is 11.2. The Hall–Kier alpha value is -1.67. The van der Waals surface area contributed by atoms with E-state index in [1.807, 2.05) is 11.8 Å². The van der Waals surface area contributed by atoms with E-state index in [2.05, 4.69) is 67.4 Å². The molecule has 0 spiro atoms. The average molecular weight is 267 g/mol. The Morgan fingerprint density at radius 3 is 2.47 bits per heavy atom. The predicted molar refractivity (Wildman–Crippen MR) is 83.8 cm³/mol. The molecule has 0 aliphatic carbocycles. The molecule has 3 aromatic rings. The number of hydrogen-bond acceptors (Lipinski definition) is 1. The molecule has 1 heterocycles. The van der Waals surface area contributed by atoms with Crippen LogP contribution in [0.25, 0.3) is 10.9 Å². The first-order valence-corrected chi connectivity index (χ1v) is 7.48. The maximum atomic E-state index is 3.45. The van der Waals surface area contributed by atoms with Gasteiger partial charge in [-0.25, -0.2) is 0 Å². The second-order valence-corrected chi connectivity index (χ2v) is 5.88. The van der Waals surface area contributed by atoms with E-state index in [-0.39, 0.29) is 0 Å². The van der Waals surface area contributed by atoms with Gasteiger partial charge in [0.2, 0.25) is 0 Å². The highest BCUT2D eigenvalue weighted by Crippen LogP contribution is 2.33. The normalized spacial score (nSPS) is 11.1. The number of benzene rings is 2. The highest BCUT2D eigenvalue weighted by molar-refractivity contribution is 7.98. The van der Waals surface area contributed by atoms with Crippen LogP contribution in [0.3, 0.4) is 0 Å². The molecule has 0 bridgehead atoms. The van der Waals surface area contributed by atoms with Gasteiger partial charge in [-0.1, -0.05) is 48.0 Å². The van der Waals surface area contributed by atoms with Crippen LogP contribution in [0.5, 0.6) is 0 Å². The molecular weight excluding hydrogens is 250 g/mol. The van der Waals surface area contributed by atoms with Crippen molar-refractivity contribution in [2.75, 3.05) is 0 Å². The van der Waals surface area contributed by atoms with Crippen LogP contribution in [0, 0.1) is 13.8 Å². The molecular formula is C17H17NS. The lowest BCUT2D eigenvalue weighted by atomic mass is 10.2. The van der Waals surface area contributed by atoms with Crippen LogP contribution in [0.15, 0.2) is 53.4 Å². The fraction of sp³-hybridized carbons (Fsp3) is 0.176. The number of para-hydroxylation sites is 1. The average Bonchev–Trinajstić information content (AvgIpc) is 2.74. The van der Waals surface area contributed by atoms with Crippen LogP contribution in [0.1, 0.15) is 16.8 Å². The van der Waals surface area contributed by atoms with Crippen molar-refractivity contribution in [3.8, 4) is 0 Å². The molecule has 0 saturated heterocycles. The molecule has 0 unspecified atom stereocenters. The van der Waals surface area contributed by atoms with Gasteiger partial charge in [-0.3, -0.25) is 0 Å². The molecule has 1 N–H and O–H groups in total. The second kappa shape index (κ2) is 5.14. The summed E-state index contributed by atoms with van der Waals surface area (Å²) in [4.78, 5) is 4.82. The van der Waals surface area contributed by atoms with E-state index < -0.39 is 0 Å². The molecule has 0 aliphatic heterocycles. The van der Waals surface area contributed by atoms with E-state index in [1.54, 1.807) is 0 Å². The summed E-state index contributed by atoms with van der Waals surface area (Å²) in [7, 11) is 0. The molecule has 1 nitrogen and oxygen atoms in total. The van der Waals surface area contributed by atoms with Gasteiger partial charge in [0.1, 0.15) is 0 Å². The summed E-state index contributed by atoms with van der Waals surface area (Å²) in [6.07, 6.45) is 0. The number of aryl methyl sites for hydroxylation is 2. The first-order valence-electron chi connectivity index (χ1n) is 6.50. The molecule has 0 aliphatic rings. The molecule has 0 radical (unpaired) electrons. The van der Waals surface area contributed by atoms with E-state index in [0.29, 0.717) is 0 Å². The fourth-order valence-electron chi connectivity index (χ4n) is 2.28. The summed E-state index contributed by atoms with van der Waals surface area (Å²) in [5, 5.41) is 1.33. The van der Waals surface area contributed by atoms with Gasteiger partial charge in [-0.05, 0) is 25.5 Å². The minimum Gasteiger partial charge on any atom is -0.358 e. The first kappa shape index (κ1) is 12.4. The highest BCUT2D eigenvalue weighted by Gasteiger charge is 2.08. The third-order valence-corrected chi connectivity index (χ3v) is 4.63. The van der Waals surface area contributed by atoms with Crippen molar-refractivity contribution in [3.63, 3.8) is 0 Å². The lowest BCUT2D eigenvalue weighted by Gasteiger charge is -2.03. The quantitative estimate of drug-likeness (QED) is 0.654. The SMILES string of the molecule is Cc1ccc(CSc2c(C)[nH]c3ccccc23)cc1. The van der Waals surface area contributed by atoms with E-state index >= 15 is 0 Å². The summed E-state index contributed by atoms with van der Waals surface area (Å²) in [5.41, 5.74) is 5.18. The van der Waals surface area contributed by atoms with Crippen LogP contribution in [0.2, 0.25) is 0 Å². The number of fused-ring (bicyclic) bond motifs is 1. The minimum atomic E-state index is 1.02. The van der Waals surface area contributed by atoms with Crippen molar-refractivity contribution < 1.29 is 0 Å². The van der Waals surface area contributed by atoms with Gasteiger partial charge in [0.25, 0.3) is 0 Å². The summed E-state index contributed by atoms with van der Waals surface area (Å²) < 4.78 is 0. The van der Waals surface area contributed by atoms with Crippen molar-refractivity contribution >= 4 is 22.7 Å². The van der Waals surface area contributed by atoms with Gasteiger partial charge < -0.3 is 4.98 Å². The van der Waals surface area contributed by atoms with Gasteiger partial charge in [-0.2, -0.15) is 0 Å². The van der Waals surface area contributed by atoms with E-state index in [0.717, 1.165) is 5.75 Å². The first-order chi connectivity index (χ1) is 9.24. The molecule has 0 saturated carbocycles. The molecule has 0 amide bonds. The molecule has 19 heavy (non-hydrogen) atoms. The maximum absolute atomic E-state index is 3.45.